The largest absolute Gasteiger partial charge is 0.496 e. The lowest BCUT2D eigenvalue weighted by atomic mass is 10.2. The predicted octanol–water partition coefficient (Wildman–Crippen LogP) is 4.42. The summed E-state index contributed by atoms with van der Waals surface area (Å²) in [7, 11) is 1.62. The Kier molecular flexibility index (Phi) is 5.09. The molecule has 0 saturated carbocycles. The second-order valence-electron chi connectivity index (χ2n) is 4.32. The van der Waals surface area contributed by atoms with E-state index < -0.39 is 5.97 Å². The van der Waals surface area contributed by atoms with Crippen molar-refractivity contribution in [2.45, 2.75) is 6.54 Å². The van der Waals surface area contributed by atoms with Crippen LogP contribution in [0, 0.1) is 0 Å². The van der Waals surface area contributed by atoms with E-state index in [1.54, 1.807) is 19.2 Å². The molecule has 0 aliphatic heterocycles. The molecule has 0 aliphatic carbocycles. The molecule has 2 aromatic rings. The molecule has 2 N–H and O–H groups in total. The highest BCUT2D eigenvalue weighted by molar-refractivity contribution is 9.10. The molecule has 0 atom stereocenters. The first-order chi connectivity index (χ1) is 10.0. The Morgan fingerprint density at radius 1 is 1.33 bits per heavy atom. The van der Waals surface area contributed by atoms with Crippen molar-refractivity contribution < 1.29 is 14.6 Å². The summed E-state index contributed by atoms with van der Waals surface area (Å²) in [4.78, 5) is 10.9. The van der Waals surface area contributed by atoms with Crippen molar-refractivity contribution in [3.63, 3.8) is 0 Å². The smallest absolute Gasteiger partial charge is 0.337 e. The van der Waals surface area contributed by atoms with Gasteiger partial charge in [-0.3, -0.25) is 0 Å². The minimum atomic E-state index is -1.04. The van der Waals surface area contributed by atoms with Crippen molar-refractivity contribution in [1.82, 2.24) is 0 Å². The molecule has 0 aromatic heterocycles. The first kappa shape index (κ1) is 15.7. The maximum atomic E-state index is 10.9. The van der Waals surface area contributed by atoms with Gasteiger partial charge in [-0.1, -0.05) is 17.7 Å². The van der Waals surface area contributed by atoms with Crippen LogP contribution >= 0.6 is 27.5 Å². The predicted molar refractivity (Wildman–Crippen MR) is 86.4 cm³/mol. The van der Waals surface area contributed by atoms with E-state index in [-0.39, 0.29) is 10.6 Å². The van der Waals surface area contributed by atoms with Gasteiger partial charge in [0.15, 0.2) is 0 Å². The number of aromatic carboxylic acids is 1. The Hall–Kier alpha value is -1.72. The molecule has 2 rings (SSSR count). The van der Waals surface area contributed by atoms with Gasteiger partial charge in [0.1, 0.15) is 5.75 Å². The standard InChI is InChI=1S/C15H13BrClNO3/c1-21-14-5-2-9(6-12(14)16)8-18-10-3-4-11(15(19)20)13(17)7-10/h2-7,18H,8H2,1H3,(H,19,20). The van der Waals surface area contributed by atoms with Gasteiger partial charge in [-0.2, -0.15) is 0 Å². The maximum absolute atomic E-state index is 10.9. The van der Waals surface area contributed by atoms with Gasteiger partial charge in [0.05, 0.1) is 22.2 Å². The number of nitrogens with one attached hydrogen (secondary N) is 1. The van der Waals surface area contributed by atoms with E-state index in [4.69, 9.17) is 21.4 Å². The summed E-state index contributed by atoms with van der Waals surface area (Å²) in [6.45, 7) is 0.589. The van der Waals surface area contributed by atoms with Crippen molar-refractivity contribution in [3.05, 3.63) is 57.0 Å². The highest BCUT2D eigenvalue weighted by Gasteiger charge is 2.08. The van der Waals surface area contributed by atoms with Gasteiger partial charge in [0.2, 0.25) is 0 Å². The molecule has 110 valence electrons. The highest BCUT2D eigenvalue weighted by atomic mass is 79.9. The van der Waals surface area contributed by atoms with Crippen LogP contribution in [-0.4, -0.2) is 18.2 Å². The Balaban J connectivity index is 2.08. The van der Waals surface area contributed by atoms with Crippen LogP contribution in [0.25, 0.3) is 0 Å². The maximum Gasteiger partial charge on any atom is 0.337 e. The minimum absolute atomic E-state index is 0.0920. The fourth-order valence-electron chi connectivity index (χ4n) is 1.82. The average Bonchev–Trinajstić information content (AvgIpc) is 2.45. The third kappa shape index (κ3) is 3.89. The normalized spacial score (nSPS) is 10.2. The molecular formula is C15H13BrClNO3. The fraction of sp³-hybridized carbons (Fsp3) is 0.133. The van der Waals surface area contributed by atoms with Gasteiger partial charge in [0, 0.05) is 12.2 Å². The molecule has 0 saturated heterocycles. The van der Waals surface area contributed by atoms with Crippen LogP contribution in [0.2, 0.25) is 5.02 Å². The molecule has 0 radical (unpaired) electrons. The van der Waals surface area contributed by atoms with Gasteiger partial charge >= 0.3 is 5.97 Å². The number of halogens is 2. The molecule has 0 spiro atoms. The zero-order chi connectivity index (χ0) is 15.4. The van der Waals surface area contributed by atoms with E-state index in [2.05, 4.69) is 21.2 Å². The molecule has 0 fully saturated rings. The number of methoxy groups -OCH3 is 1. The van der Waals surface area contributed by atoms with Crippen LogP contribution in [-0.2, 0) is 6.54 Å². The monoisotopic (exact) mass is 369 g/mol. The molecule has 0 unspecified atom stereocenters. The lowest BCUT2D eigenvalue weighted by Crippen LogP contribution is -2.02. The van der Waals surface area contributed by atoms with Crippen LogP contribution in [0.5, 0.6) is 5.75 Å². The first-order valence-electron chi connectivity index (χ1n) is 6.10. The van der Waals surface area contributed by atoms with Crippen LogP contribution in [0.4, 0.5) is 5.69 Å². The number of ether oxygens (including phenoxy) is 1. The number of hydrogen-bond acceptors (Lipinski definition) is 3. The average molecular weight is 371 g/mol. The molecule has 6 heteroatoms. The van der Waals surface area contributed by atoms with Gasteiger partial charge in [0.25, 0.3) is 0 Å². The zero-order valence-corrected chi connectivity index (χ0v) is 13.5. The lowest BCUT2D eigenvalue weighted by molar-refractivity contribution is 0.0697. The number of benzene rings is 2. The van der Waals surface area contributed by atoms with E-state index in [9.17, 15) is 4.79 Å². The topological polar surface area (TPSA) is 58.6 Å². The SMILES string of the molecule is COc1ccc(CNc2ccc(C(=O)O)c(Cl)c2)cc1Br. The summed E-state index contributed by atoms with van der Waals surface area (Å²) in [6.07, 6.45) is 0. The zero-order valence-electron chi connectivity index (χ0n) is 11.2. The summed E-state index contributed by atoms with van der Waals surface area (Å²) in [5.74, 6) is -0.266. The summed E-state index contributed by atoms with van der Waals surface area (Å²) in [5.41, 5.74) is 1.91. The van der Waals surface area contributed by atoms with Crippen LogP contribution in [0.15, 0.2) is 40.9 Å². The minimum Gasteiger partial charge on any atom is -0.496 e. The molecule has 21 heavy (non-hydrogen) atoms. The fourth-order valence-corrected chi connectivity index (χ4v) is 2.67. The summed E-state index contributed by atoms with van der Waals surface area (Å²) in [5, 5.41) is 12.3. The lowest BCUT2D eigenvalue weighted by Gasteiger charge is -2.10. The number of hydrogen-bond donors (Lipinski definition) is 2. The third-order valence-electron chi connectivity index (χ3n) is 2.91. The van der Waals surface area contributed by atoms with E-state index in [0.717, 1.165) is 21.5 Å². The van der Waals surface area contributed by atoms with Crippen molar-refractivity contribution in [2.24, 2.45) is 0 Å². The van der Waals surface area contributed by atoms with Gasteiger partial charge in [-0.05, 0) is 51.8 Å². The summed E-state index contributed by atoms with van der Waals surface area (Å²) in [6, 6.07) is 10.6. The quantitative estimate of drug-likeness (QED) is 0.818. The Morgan fingerprint density at radius 3 is 2.67 bits per heavy atom. The van der Waals surface area contributed by atoms with Crippen molar-refractivity contribution in [2.75, 3.05) is 12.4 Å². The first-order valence-corrected chi connectivity index (χ1v) is 7.27. The molecule has 0 amide bonds. The molecule has 4 nitrogen and oxygen atoms in total. The summed E-state index contributed by atoms with van der Waals surface area (Å²) < 4.78 is 6.05. The third-order valence-corrected chi connectivity index (χ3v) is 3.84. The van der Waals surface area contributed by atoms with Crippen LogP contribution in [0.1, 0.15) is 15.9 Å². The Morgan fingerprint density at radius 2 is 2.10 bits per heavy atom. The Labute approximate surface area is 135 Å². The van der Waals surface area contributed by atoms with E-state index in [1.807, 2.05) is 18.2 Å². The highest BCUT2D eigenvalue weighted by Crippen LogP contribution is 2.26. The number of carboxylic acids is 1. The molecule has 2 aromatic carbocycles. The number of carbonyl (C=O) groups is 1. The van der Waals surface area contributed by atoms with Crippen LogP contribution in [0.3, 0.4) is 0 Å². The van der Waals surface area contributed by atoms with Gasteiger partial charge in [-0.15, -0.1) is 0 Å². The number of rotatable bonds is 5. The van der Waals surface area contributed by atoms with Crippen molar-refractivity contribution >= 4 is 39.2 Å². The summed E-state index contributed by atoms with van der Waals surface area (Å²) >= 11 is 9.36. The van der Waals surface area contributed by atoms with Crippen molar-refractivity contribution in [3.8, 4) is 5.75 Å². The number of carboxylic acid groups (broad SMARTS) is 1. The van der Waals surface area contributed by atoms with E-state index in [0.29, 0.717) is 6.54 Å². The Bertz CT molecular complexity index is 676. The molecule has 0 bridgehead atoms. The van der Waals surface area contributed by atoms with Crippen molar-refractivity contribution in [1.29, 1.82) is 0 Å². The van der Waals surface area contributed by atoms with Crippen LogP contribution < -0.4 is 10.1 Å². The molecule has 0 aliphatic rings. The van der Waals surface area contributed by atoms with E-state index >= 15 is 0 Å². The van der Waals surface area contributed by atoms with E-state index in [1.165, 1.54) is 6.07 Å². The number of anilines is 1. The second kappa shape index (κ2) is 6.83. The second-order valence-corrected chi connectivity index (χ2v) is 5.58. The molecular weight excluding hydrogens is 358 g/mol. The van der Waals surface area contributed by atoms with Gasteiger partial charge < -0.3 is 15.2 Å². The molecule has 0 heterocycles. The van der Waals surface area contributed by atoms with Gasteiger partial charge in [-0.25, -0.2) is 4.79 Å².